The average molecular weight is 471 g/mol. The predicted molar refractivity (Wildman–Crippen MR) is 135 cm³/mol. The van der Waals surface area contributed by atoms with Gasteiger partial charge in [0.05, 0.1) is 18.2 Å². The lowest BCUT2D eigenvalue weighted by Gasteiger charge is -2.26. The van der Waals surface area contributed by atoms with Gasteiger partial charge in [-0.25, -0.2) is 0 Å². The first-order valence-corrected chi connectivity index (χ1v) is 11.8. The number of nitrogens with zero attached hydrogens (tertiary/aromatic N) is 2. The van der Waals surface area contributed by atoms with Crippen LogP contribution in [-0.2, 0) is 16.1 Å². The summed E-state index contributed by atoms with van der Waals surface area (Å²) >= 11 is 0. The summed E-state index contributed by atoms with van der Waals surface area (Å²) < 4.78 is 5.75. The summed E-state index contributed by atoms with van der Waals surface area (Å²) in [4.78, 5) is 32.2. The van der Waals surface area contributed by atoms with E-state index in [-0.39, 0.29) is 17.9 Å². The SMILES string of the molecule is CCCOc1ccc(/C(O)=C2/C(=O)C(=O)N(Cc3cc(C)ccc3C)C2c2ccncc2)cc1C. The number of ketones is 1. The van der Waals surface area contributed by atoms with Crippen molar-refractivity contribution in [3.63, 3.8) is 0 Å². The van der Waals surface area contributed by atoms with Crippen LogP contribution >= 0.6 is 0 Å². The van der Waals surface area contributed by atoms with Crippen molar-refractivity contribution in [2.45, 2.75) is 46.7 Å². The van der Waals surface area contributed by atoms with Crippen molar-refractivity contribution in [3.8, 4) is 5.75 Å². The molecule has 6 heteroatoms. The third kappa shape index (κ3) is 4.83. The molecule has 0 spiro atoms. The van der Waals surface area contributed by atoms with Crippen LogP contribution in [0.15, 0.2) is 66.5 Å². The number of pyridine rings is 1. The third-order valence-electron chi connectivity index (χ3n) is 6.32. The van der Waals surface area contributed by atoms with E-state index >= 15 is 0 Å². The summed E-state index contributed by atoms with van der Waals surface area (Å²) in [6, 6.07) is 14.1. The highest BCUT2D eigenvalue weighted by Gasteiger charge is 2.46. The molecule has 2 aromatic carbocycles. The Kier molecular flexibility index (Phi) is 7.01. The molecule has 1 saturated heterocycles. The first kappa shape index (κ1) is 24.2. The molecule has 3 aromatic rings. The number of amides is 1. The first-order valence-electron chi connectivity index (χ1n) is 11.8. The number of ether oxygens (including phenoxy) is 1. The summed E-state index contributed by atoms with van der Waals surface area (Å²) in [6.07, 6.45) is 4.13. The number of rotatable bonds is 7. The Morgan fingerprint density at radius 3 is 2.43 bits per heavy atom. The molecular formula is C29H30N2O4. The fourth-order valence-corrected chi connectivity index (χ4v) is 4.42. The van der Waals surface area contributed by atoms with Crippen LogP contribution in [0.2, 0.25) is 0 Å². The highest BCUT2D eigenvalue weighted by atomic mass is 16.5. The van der Waals surface area contributed by atoms with Gasteiger partial charge in [-0.1, -0.05) is 30.7 Å². The van der Waals surface area contributed by atoms with Gasteiger partial charge < -0.3 is 14.7 Å². The lowest BCUT2D eigenvalue weighted by Crippen LogP contribution is -2.29. The first-order chi connectivity index (χ1) is 16.8. The number of benzene rings is 2. The maximum Gasteiger partial charge on any atom is 0.295 e. The fraction of sp³-hybridized carbons (Fsp3) is 0.276. The van der Waals surface area contributed by atoms with Gasteiger partial charge in [0.15, 0.2) is 0 Å². The van der Waals surface area contributed by atoms with Crippen molar-refractivity contribution >= 4 is 17.4 Å². The number of hydrogen-bond acceptors (Lipinski definition) is 5. The molecule has 6 nitrogen and oxygen atoms in total. The second-order valence-corrected chi connectivity index (χ2v) is 8.97. The van der Waals surface area contributed by atoms with Crippen LogP contribution in [0.4, 0.5) is 0 Å². The van der Waals surface area contributed by atoms with E-state index in [0.29, 0.717) is 17.7 Å². The molecule has 2 heterocycles. The Bertz CT molecular complexity index is 1300. The number of carbonyl (C=O) groups excluding carboxylic acids is 2. The second kappa shape index (κ2) is 10.1. The molecule has 0 bridgehead atoms. The van der Waals surface area contributed by atoms with Gasteiger partial charge in [0, 0.05) is 24.5 Å². The number of aryl methyl sites for hydroxylation is 3. The average Bonchev–Trinajstić information content (AvgIpc) is 3.10. The van der Waals surface area contributed by atoms with E-state index in [1.54, 1.807) is 42.7 Å². The summed E-state index contributed by atoms with van der Waals surface area (Å²) in [5, 5.41) is 11.3. The Labute approximate surface area is 205 Å². The van der Waals surface area contributed by atoms with E-state index in [9.17, 15) is 14.7 Å². The fourth-order valence-electron chi connectivity index (χ4n) is 4.42. The summed E-state index contributed by atoms with van der Waals surface area (Å²) in [5.41, 5.74) is 5.16. The third-order valence-corrected chi connectivity index (χ3v) is 6.32. The lowest BCUT2D eigenvalue weighted by molar-refractivity contribution is -0.140. The molecule has 0 aliphatic carbocycles. The van der Waals surface area contributed by atoms with Crippen LogP contribution in [0.25, 0.3) is 5.76 Å². The molecule has 1 amide bonds. The predicted octanol–water partition coefficient (Wildman–Crippen LogP) is 5.42. The van der Waals surface area contributed by atoms with Gasteiger partial charge in [-0.2, -0.15) is 0 Å². The molecule has 180 valence electrons. The molecule has 35 heavy (non-hydrogen) atoms. The standard InChI is InChI=1S/C29H30N2O4/c1-5-14-35-24-9-8-22(16-20(24)4)27(32)25-26(21-10-12-30-13-11-21)31(29(34)28(25)33)17-23-15-18(2)6-7-19(23)3/h6-13,15-16,26,32H,5,14,17H2,1-4H3/b27-25-. The van der Waals surface area contributed by atoms with Crippen molar-refractivity contribution in [2.24, 2.45) is 0 Å². The molecule has 1 unspecified atom stereocenters. The van der Waals surface area contributed by atoms with Crippen molar-refractivity contribution in [3.05, 3.63) is 99.9 Å². The maximum absolute atomic E-state index is 13.3. The number of hydrogen-bond donors (Lipinski definition) is 1. The zero-order chi connectivity index (χ0) is 25.1. The van der Waals surface area contributed by atoms with Crippen molar-refractivity contribution in [1.82, 2.24) is 9.88 Å². The molecule has 4 rings (SSSR count). The zero-order valence-electron chi connectivity index (χ0n) is 20.5. The van der Waals surface area contributed by atoms with Gasteiger partial charge >= 0.3 is 0 Å². The summed E-state index contributed by atoms with van der Waals surface area (Å²) in [6.45, 7) is 8.75. The van der Waals surface area contributed by atoms with Crippen molar-refractivity contribution in [1.29, 1.82) is 0 Å². The van der Waals surface area contributed by atoms with E-state index in [4.69, 9.17) is 4.74 Å². The number of Topliss-reactive ketones (excluding diaryl/α,β-unsaturated/α-hetero) is 1. The smallest absolute Gasteiger partial charge is 0.295 e. The van der Waals surface area contributed by atoms with Gasteiger partial charge in [-0.15, -0.1) is 0 Å². The van der Waals surface area contributed by atoms with Crippen molar-refractivity contribution in [2.75, 3.05) is 6.61 Å². The van der Waals surface area contributed by atoms with Gasteiger partial charge in [0.1, 0.15) is 11.5 Å². The Balaban J connectivity index is 1.81. The summed E-state index contributed by atoms with van der Waals surface area (Å²) in [5.74, 6) is -0.796. The van der Waals surface area contributed by atoms with Gasteiger partial charge in [-0.05, 0) is 79.8 Å². The molecule has 1 N–H and O–H groups in total. The molecule has 1 atom stereocenters. The Hall–Kier alpha value is -3.93. The van der Waals surface area contributed by atoms with E-state index < -0.39 is 17.7 Å². The quantitative estimate of drug-likeness (QED) is 0.283. The van der Waals surface area contributed by atoms with E-state index in [0.717, 1.165) is 34.4 Å². The van der Waals surface area contributed by atoms with Crippen LogP contribution in [0.1, 0.15) is 52.8 Å². The van der Waals surface area contributed by atoms with Crippen LogP contribution in [0, 0.1) is 20.8 Å². The minimum absolute atomic E-state index is 0.0770. The Morgan fingerprint density at radius 1 is 1.00 bits per heavy atom. The van der Waals surface area contributed by atoms with Gasteiger partial charge in [0.2, 0.25) is 0 Å². The number of aliphatic hydroxyl groups excluding tert-OH is 1. The van der Waals surface area contributed by atoms with E-state index in [1.165, 1.54) is 4.90 Å². The summed E-state index contributed by atoms with van der Waals surface area (Å²) in [7, 11) is 0. The maximum atomic E-state index is 13.3. The highest BCUT2D eigenvalue weighted by Crippen LogP contribution is 2.40. The molecule has 0 radical (unpaired) electrons. The molecular weight excluding hydrogens is 440 g/mol. The van der Waals surface area contributed by atoms with E-state index in [2.05, 4.69) is 4.98 Å². The molecule has 1 aliphatic heterocycles. The van der Waals surface area contributed by atoms with Crippen LogP contribution in [0.3, 0.4) is 0 Å². The second-order valence-electron chi connectivity index (χ2n) is 8.97. The van der Waals surface area contributed by atoms with Crippen molar-refractivity contribution < 1.29 is 19.4 Å². The Morgan fingerprint density at radius 2 is 1.74 bits per heavy atom. The number of aliphatic hydroxyl groups is 1. The van der Waals surface area contributed by atoms with Crippen LogP contribution in [-0.4, -0.2) is 33.3 Å². The van der Waals surface area contributed by atoms with E-state index in [1.807, 2.05) is 45.9 Å². The minimum atomic E-state index is -0.728. The topological polar surface area (TPSA) is 79.7 Å². The molecule has 1 aliphatic rings. The number of likely N-dealkylation sites (tertiary alicyclic amines) is 1. The molecule has 1 fully saturated rings. The normalized spacial score (nSPS) is 17.1. The lowest BCUT2D eigenvalue weighted by atomic mass is 9.95. The van der Waals surface area contributed by atoms with Gasteiger partial charge in [-0.3, -0.25) is 14.6 Å². The van der Waals surface area contributed by atoms with Crippen LogP contribution in [0.5, 0.6) is 5.75 Å². The largest absolute Gasteiger partial charge is 0.507 e. The monoisotopic (exact) mass is 470 g/mol. The highest BCUT2D eigenvalue weighted by molar-refractivity contribution is 6.46. The van der Waals surface area contributed by atoms with Gasteiger partial charge in [0.25, 0.3) is 11.7 Å². The zero-order valence-corrected chi connectivity index (χ0v) is 20.5. The number of carbonyl (C=O) groups is 2. The molecule has 0 saturated carbocycles. The van der Waals surface area contributed by atoms with Crippen LogP contribution < -0.4 is 4.74 Å². The number of aromatic nitrogens is 1. The minimum Gasteiger partial charge on any atom is -0.507 e. The molecule has 1 aromatic heterocycles.